The van der Waals surface area contributed by atoms with Crippen molar-refractivity contribution < 1.29 is 9.47 Å². The van der Waals surface area contributed by atoms with Crippen LogP contribution in [0.2, 0.25) is 5.02 Å². The fourth-order valence-corrected chi connectivity index (χ4v) is 2.61. The zero-order valence-electron chi connectivity index (χ0n) is 11.4. The molecule has 5 heteroatoms. The van der Waals surface area contributed by atoms with Crippen molar-refractivity contribution in [1.29, 1.82) is 0 Å². The molecule has 106 valence electrons. The lowest BCUT2D eigenvalue weighted by molar-refractivity contribution is 0.0180. The van der Waals surface area contributed by atoms with Crippen LogP contribution in [0, 0.1) is 5.92 Å². The van der Waals surface area contributed by atoms with Crippen LogP contribution in [0.1, 0.15) is 31.4 Å². The van der Waals surface area contributed by atoms with Crippen molar-refractivity contribution >= 4 is 11.6 Å². The van der Waals surface area contributed by atoms with E-state index >= 15 is 0 Å². The smallest absolute Gasteiger partial charge is 0.123 e. The first-order valence-corrected chi connectivity index (χ1v) is 7.00. The minimum atomic E-state index is -0.110. The molecule has 0 aliphatic heterocycles. The summed E-state index contributed by atoms with van der Waals surface area (Å²) in [5.74, 6) is 7.08. The molecule has 1 fully saturated rings. The van der Waals surface area contributed by atoms with Gasteiger partial charge in [0, 0.05) is 17.2 Å². The molecule has 1 saturated carbocycles. The van der Waals surface area contributed by atoms with Gasteiger partial charge in [0.25, 0.3) is 0 Å². The average Bonchev–Trinajstić information content (AvgIpc) is 3.23. The highest BCUT2D eigenvalue weighted by molar-refractivity contribution is 6.30. The van der Waals surface area contributed by atoms with E-state index in [0.29, 0.717) is 17.5 Å². The Morgan fingerprint density at radius 2 is 2.21 bits per heavy atom. The molecule has 0 spiro atoms. The molecule has 4 nitrogen and oxygen atoms in total. The second kappa shape index (κ2) is 6.57. The van der Waals surface area contributed by atoms with Crippen molar-refractivity contribution in [2.24, 2.45) is 11.8 Å². The van der Waals surface area contributed by atoms with E-state index < -0.39 is 0 Å². The summed E-state index contributed by atoms with van der Waals surface area (Å²) in [4.78, 5) is 0. The Hall–Kier alpha value is -0.810. The van der Waals surface area contributed by atoms with E-state index in [-0.39, 0.29) is 12.1 Å². The van der Waals surface area contributed by atoms with Crippen LogP contribution in [0.25, 0.3) is 0 Å². The number of hydrazine groups is 1. The first kappa shape index (κ1) is 14.6. The van der Waals surface area contributed by atoms with Crippen LogP contribution in [0.4, 0.5) is 0 Å². The van der Waals surface area contributed by atoms with Gasteiger partial charge in [-0.05, 0) is 43.9 Å². The van der Waals surface area contributed by atoms with Crippen LogP contribution in [0.15, 0.2) is 18.2 Å². The van der Waals surface area contributed by atoms with E-state index in [1.807, 2.05) is 25.1 Å². The summed E-state index contributed by atoms with van der Waals surface area (Å²) in [5.41, 5.74) is 3.81. The molecule has 19 heavy (non-hydrogen) atoms. The Kier molecular flexibility index (Phi) is 5.05. The molecule has 2 unspecified atom stereocenters. The van der Waals surface area contributed by atoms with Crippen LogP contribution in [-0.4, -0.2) is 19.8 Å². The first-order valence-electron chi connectivity index (χ1n) is 6.62. The number of hydrogen-bond acceptors (Lipinski definition) is 4. The molecule has 0 aromatic heterocycles. The molecule has 3 N–H and O–H groups in total. The Morgan fingerprint density at radius 1 is 1.47 bits per heavy atom. The summed E-state index contributed by atoms with van der Waals surface area (Å²) in [6.45, 7) is 2.67. The Balaban J connectivity index is 2.31. The molecular formula is C14H21ClN2O2. The summed E-state index contributed by atoms with van der Waals surface area (Å²) in [5, 5.41) is 0.669. The lowest BCUT2D eigenvalue weighted by Gasteiger charge is -2.28. The van der Waals surface area contributed by atoms with Gasteiger partial charge in [0.05, 0.1) is 19.3 Å². The molecular weight excluding hydrogens is 264 g/mol. The number of hydrogen-bond donors (Lipinski definition) is 2. The van der Waals surface area contributed by atoms with Crippen LogP contribution in [0.3, 0.4) is 0 Å². The molecule has 0 radical (unpaired) electrons. The van der Waals surface area contributed by atoms with Gasteiger partial charge in [-0.2, -0.15) is 0 Å². The number of rotatable bonds is 7. The van der Waals surface area contributed by atoms with Crippen LogP contribution in [-0.2, 0) is 4.74 Å². The minimum absolute atomic E-state index is 0.0577. The van der Waals surface area contributed by atoms with Gasteiger partial charge in [-0.25, -0.2) is 0 Å². The fourth-order valence-electron chi connectivity index (χ4n) is 2.43. The Labute approximate surface area is 119 Å². The summed E-state index contributed by atoms with van der Waals surface area (Å²) >= 11 is 6.09. The van der Waals surface area contributed by atoms with Crippen molar-refractivity contribution in [3.63, 3.8) is 0 Å². The zero-order valence-corrected chi connectivity index (χ0v) is 12.1. The van der Waals surface area contributed by atoms with Gasteiger partial charge >= 0.3 is 0 Å². The average molecular weight is 285 g/mol. The van der Waals surface area contributed by atoms with Crippen molar-refractivity contribution in [2.45, 2.75) is 31.9 Å². The molecule has 0 bridgehead atoms. The maximum Gasteiger partial charge on any atom is 0.123 e. The third-order valence-corrected chi connectivity index (χ3v) is 3.72. The van der Waals surface area contributed by atoms with E-state index in [1.54, 1.807) is 7.11 Å². The second-order valence-corrected chi connectivity index (χ2v) is 5.22. The molecule has 0 amide bonds. The number of benzene rings is 1. The highest BCUT2D eigenvalue weighted by Gasteiger charge is 2.38. The van der Waals surface area contributed by atoms with Crippen molar-refractivity contribution in [3.05, 3.63) is 28.8 Å². The first-order chi connectivity index (χ1) is 9.21. The van der Waals surface area contributed by atoms with Gasteiger partial charge in [0.1, 0.15) is 5.75 Å². The van der Waals surface area contributed by atoms with Crippen LogP contribution < -0.4 is 16.0 Å². The van der Waals surface area contributed by atoms with Gasteiger partial charge < -0.3 is 9.47 Å². The topological polar surface area (TPSA) is 56.5 Å². The standard InChI is InChI=1S/C14H21ClN2O2/c1-3-19-14(9-4-5-9)13(17-16)11-8-10(15)6-7-12(11)18-2/h6-9,13-14,17H,3-5,16H2,1-2H3. The lowest BCUT2D eigenvalue weighted by atomic mass is 9.97. The number of halogens is 1. The van der Waals surface area contributed by atoms with Crippen molar-refractivity contribution in [3.8, 4) is 5.75 Å². The number of nitrogens with one attached hydrogen (secondary N) is 1. The highest BCUT2D eigenvalue weighted by atomic mass is 35.5. The maximum atomic E-state index is 6.09. The third-order valence-electron chi connectivity index (χ3n) is 3.48. The van der Waals surface area contributed by atoms with Crippen LogP contribution >= 0.6 is 11.6 Å². The van der Waals surface area contributed by atoms with E-state index in [4.69, 9.17) is 26.9 Å². The molecule has 1 aliphatic carbocycles. The maximum absolute atomic E-state index is 6.09. The second-order valence-electron chi connectivity index (χ2n) is 4.79. The molecule has 2 atom stereocenters. The third kappa shape index (κ3) is 3.39. The Morgan fingerprint density at radius 3 is 2.74 bits per heavy atom. The lowest BCUT2D eigenvalue weighted by Crippen LogP contribution is -2.39. The summed E-state index contributed by atoms with van der Waals surface area (Å²) in [6.07, 6.45) is 2.43. The van der Waals surface area contributed by atoms with Gasteiger partial charge in [-0.3, -0.25) is 11.3 Å². The number of nitrogens with two attached hydrogens (primary N) is 1. The SMILES string of the molecule is CCOC(C1CC1)C(NN)c1cc(Cl)ccc1OC. The normalized spacial score (nSPS) is 18.1. The van der Waals surface area contributed by atoms with E-state index in [9.17, 15) is 0 Å². The fraction of sp³-hybridized carbons (Fsp3) is 0.571. The van der Waals surface area contributed by atoms with E-state index in [2.05, 4.69) is 5.43 Å². The number of ether oxygens (including phenoxy) is 2. The van der Waals surface area contributed by atoms with Gasteiger partial charge in [0.2, 0.25) is 0 Å². The summed E-state index contributed by atoms with van der Waals surface area (Å²) in [7, 11) is 1.65. The largest absolute Gasteiger partial charge is 0.496 e. The molecule has 0 saturated heterocycles. The van der Waals surface area contributed by atoms with Crippen molar-refractivity contribution in [2.75, 3.05) is 13.7 Å². The Bertz CT molecular complexity index is 424. The predicted octanol–water partition coefficient (Wildman–Crippen LogP) is 2.67. The van der Waals surface area contributed by atoms with Gasteiger partial charge in [0.15, 0.2) is 0 Å². The molecule has 1 aliphatic rings. The van der Waals surface area contributed by atoms with Gasteiger partial charge in [-0.1, -0.05) is 11.6 Å². The highest BCUT2D eigenvalue weighted by Crippen LogP contribution is 2.42. The number of methoxy groups -OCH3 is 1. The monoisotopic (exact) mass is 284 g/mol. The van der Waals surface area contributed by atoms with Crippen LogP contribution in [0.5, 0.6) is 5.75 Å². The summed E-state index contributed by atoms with van der Waals surface area (Å²) in [6, 6.07) is 5.45. The molecule has 2 rings (SSSR count). The molecule has 1 aromatic carbocycles. The van der Waals surface area contributed by atoms with E-state index in [1.165, 1.54) is 12.8 Å². The van der Waals surface area contributed by atoms with Crippen molar-refractivity contribution in [1.82, 2.24) is 5.43 Å². The minimum Gasteiger partial charge on any atom is -0.496 e. The predicted molar refractivity (Wildman–Crippen MR) is 76.2 cm³/mol. The van der Waals surface area contributed by atoms with E-state index in [0.717, 1.165) is 11.3 Å². The summed E-state index contributed by atoms with van der Waals surface area (Å²) < 4.78 is 11.3. The zero-order chi connectivity index (χ0) is 13.8. The van der Waals surface area contributed by atoms with Gasteiger partial charge in [-0.15, -0.1) is 0 Å². The molecule has 0 heterocycles. The quantitative estimate of drug-likeness (QED) is 0.597. The molecule has 1 aromatic rings.